The van der Waals surface area contributed by atoms with Gasteiger partial charge in [-0.2, -0.15) is 0 Å². The molecule has 0 aliphatic carbocycles. The molecule has 0 bridgehead atoms. The average molecular weight is 334 g/mol. The van der Waals surface area contributed by atoms with Crippen LogP contribution in [0.3, 0.4) is 0 Å². The zero-order valence-electron chi connectivity index (χ0n) is 11.7. The van der Waals surface area contributed by atoms with Gasteiger partial charge >= 0.3 is 0 Å². The Bertz CT molecular complexity index is 665. The van der Waals surface area contributed by atoms with Gasteiger partial charge < -0.3 is 4.90 Å². The Morgan fingerprint density at radius 1 is 1.38 bits per heavy atom. The summed E-state index contributed by atoms with van der Waals surface area (Å²) in [5.74, 6) is -0.0355. The number of ketones is 1. The average Bonchev–Trinajstić information content (AvgIpc) is 2.99. The normalized spacial score (nSPS) is 24.6. The Morgan fingerprint density at radius 2 is 2.14 bits per heavy atom. The van der Waals surface area contributed by atoms with Gasteiger partial charge in [0.05, 0.1) is 25.7 Å². The van der Waals surface area contributed by atoms with E-state index in [0.29, 0.717) is 6.42 Å². The lowest BCUT2D eigenvalue weighted by atomic mass is 10.0. The zero-order valence-corrected chi connectivity index (χ0v) is 14.1. The van der Waals surface area contributed by atoms with Crippen molar-refractivity contribution in [3.63, 3.8) is 0 Å². The third kappa shape index (κ3) is 2.47. The summed E-state index contributed by atoms with van der Waals surface area (Å²) in [4.78, 5) is 16.9. The van der Waals surface area contributed by atoms with E-state index < -0.39 is 0 Å². The molecule has 0 unspecified atom stereocenters. The topological polar surface area (TPSA) is 20.3 Å². The second-order valence-corrected chi connectivity index (χ2v) is 7.59. The Hall–Kier alpha value is -1.04. The van der Waals surface area contributed by atoms with E-state index >= 15 is 0 Å². The van der Waals surface area contributed by atoms with Gasteiger partial charge in [0.25, 0.3) is 0 Å². The van der Waals surface area contributed by atoms with Crippen LogP contribution in [0.2, 0.25) is 0 Å². The number of carbonyl (C=O) groups excluding carboxylic acids is 1. The summed E-state index contributed by atoms with van der Waals surface area (Å²) in [6, 6.07) is 8.26. The van der Waals surface area contributed by atoms with Crippen molar-refractivity contribution in [3.8, 4) is 0 Å². The SMILES string of the molecule is C=CC[C@H]1C(=O)/C(=C2/Sc3ccccc3N2CC)SC1=S. The summed E-state index contributed by atoms with van der Waals surface area (Å²) >= 11 is 8.52. The molecule has 1 atom stereocenters. The second-order valence-electron chi connectivity index (χ2n) is 4.81. The molecule has 0 N–H and O–H groups in total. The standard InChI is InChI=1S/C16H15NOS3/c1-3-7-10-13(18)14(21-16(10)19)15-17(4-2)11-8-5-6-9-12(11)20-15/h3,5-6,8-10H,1,4,7H2,2H3/b15-14-/t10-/m0/s1. The van der Waals surface area contributed by atoms with E-state index in [1.807, 2.05) is 12.1 Å². The smallest absolute Gasteiger partial charge is 0.181 e. The van der Waals surface area contributed by atoms with Crippen molar-refractivity contribution in [2.45, 2.75) is 18.2 Å². The molecule has 21 heavy (non-hydrogen) atoms. The van der Waals surface area contributed by atoms with Crippen LogP contribution in [0, 0.1) is 5.92 Å². The van der Waals surface area contributed by atoms with Crippen molar-refractivity contribution in [1.29, 1.82) is 0 Å². The highest BCUT2D eigenvalue weighted by molar-refractivity contribution is 8.27. The third-order valence-corrected chi connectivity index (χ3v) is 6.48. The minimum Gasteiger partial charge on any atom is -0.334 e. The molecule has 0 aromatic heterocycles. The van der Waals surface area contributed by atoms with Gasteiger partial charge in [-0.05, 0) is 25.5 Å². The van der Waals surface area contributed by atoms with E-state index in [9.17, 15) is 4.79 Å². The second kappa shape index (κ2) is 5.99. The highest BCUT2D eigenvalue weighted by atomic mass is 32.2. The number of anilines is 1. The number of nitrogens with zero attached hydrogens (tertiary/aromatic N) is 1. The first-order chi connectivity index (χ1) is 10.2. The van der Waals surface area contributed by atoms with E-state index in [4.69, 9.17) is 12.2 Å². The van der Waals surface area contributed by atoms with E-state index in [0.717, 1.165) is 20.7 Å². The molecule has 108 valence electrons. The van der Waals surface area contributed by atoms with Crippen molar-refractivity contribution in [2.24, 2.45) is 5.92 Å². The van der Waals surface area contributed by atoms with Crippen molar-refractivity contribution in [3.05, 3.63) is 46.9 Å². The highest BCUT2D eigenvalue weighted by Gasteiger charge is 2.39. The minimum atomic E-state index is -0.187. The molecule has 2 aliphatic rings. The van der Waals surface area contributed by atoms with E-state index in [2.05, 4.69) is 30.5 Å². The number of carbonyl (C=O) groups is 1. The number of thioether (sulfide) groups is 2. The summed E-state index contributed by atoms with van der Waals surface area (Å²) in [6.45, 7) is 6.67. The number of allylic oxidation sites excluding steroid dienone is 2. The minimum absolute atomic E-state index is 0.152. The first kappa shape index (κ1) is 14.9. The molecule has 1 saturated heterocycles. The Balaban J connectivity index is 2.03. The number of rotatable bonds is 3. The van der Waals surface area contributed by atoms with Crippen LogP contribution in [0.25, 0.3) is 0 Å². The van der Waals surface area contributed by atoms with Crippen LogP contribution < -0.4 is 4.90 Å². The van der Waals surface area contributed by atoms with Gasteiger partial charge in [0.15, 0.2) is 5.78 Å². The van der Waals surface area contributed by atoms with Crippen LogP contribution in [0.5, 0.6) is 0 Å². The molecular weight excluding hydrogens is 318 g/mol. The largest absolute Gasteiger partial charge is 0.334 e. The molecule has 0 spiro atoms. The van der Waals surface area contributed by atoms with E-state index in [-0.39, 0.29) is 11.7 Å². The van der Waals surface area contributed by atoms with Gasteiger partial charge in [0, 0.05) is 11.4 Å². The molecule has 1 aromatic rings. The number of hydrogen-bond donors (Lipinski definition) is 0. The maximum absolute atomic E-state index is 12.7. The first-order valence-electron chi connectivity index (χ1n) is 6.82. The predicted octanol–water partition coefficient (Wildman–Crippen LogP) is 4.62. The van der Waals surface area contributed by atoms with Crippen molar-refractivity contribution in [2.75, 3.05) is 11.4 Å². The lowest BCUT2D eigenvalue weighted by Gasteiger charge is -2.19. The molecule has 3 rings (SSSR count). The first-order valence-corrected chi connectivity index (χ1v) is 8.87. The third-order valence-electron chi connectivity index (χ3n) is 3.55. The van der Waals surface area contributed by atoms with Gasteiger partial charge in [-0.1, -0.05) is 54.0 Å². The molecule has 2 aliphatic heterocycles. The van der Waals surface area contributed by atoms with Gasteiger partial charge in [-0.25, -0.2) is 0 Å². The molecule has 5 heteroatoms. The monoisotopic (exact) mass is 333 g/mol. The number of benzene rings is 1. The Kier molecular flexibility index (Phi) is 4.24. The van der Waals surface area contributed by atoms with Crippen LogP contribution in [-0.2, 0) is 4.79 Å². The van der Waals surface area contributed by atoms with Gasteiger partial charge in [-0.3, -0.25) is 4.79 Å². The van der Waals surface area contributed by atoms with Crippen LogP contribution in [0.4, 0.5) is 5.69 Å². The molecule has 0 amide bonds. The van der Waals surface area contributed by atoms with E-state index in [1.165, 1.54) is 22.3 Å². The number of thiocarbonyl (C=S) groups is 1. The fraction of sp³-hybridized carbons (Fsp3) is 0.250. The molecule has 0 radical (unpaired) electrons. The van der Waals surface area contributed by atoms with Gasteiger partial charge in [0.1, 0.15) is 0 Å². The van der Waals surface area contributed by atoms with E-state index in [1.54, 1.807) is 17.8 Å². The summed E-state index contributed by atoms with van der Waals surface area (Å²) in [5.41, 5.74) is 1.18. The quantitative estimate of drug-likeness (QED) is 0.455. The van der Waals surface area contributed by atoms with Crippen LogP contribution >= 0.6 is 35.7 Å². The lowest BCUT2D eigenvalue weighted by Crippen LogP contribution is -2.20. The zero-order chi connectivity index (χ0) is 15.0. The molecule has 0 saturated carbocycles. The van der Waals surface area contributed by atoms with Crippen molar-refractivity contribution in [1.82, 2.24) is 0 Å². The molecule has 2 nitrogen and oxygen atoms in total. The number of hydrogen-bond acceptors (Lipinski definition) is 5. The molecule has 2 heterocycles. The number of fused-ring (bicyclic) bond motifs is 1. The number of para-hydroxylation sites is 1. The number of Topliss-reactive ketones (excluding diaryl/α,β-unsaturated/α-hetero) is 1. The van der Waals surface area contributed by atoms with Gasteiger partial charge in [0.2, 0.25) is 0 Å². The molecular formula is C16H15NOS3. The molecule has 1 aromatic carbocycles. The molecule has 1 fully saturated rings. The van der Waals surface area contributed by atoms with Crippen LogP contribution in [0.1, 0.15) is 13.3 Å². The Morgan fingerprint density at radius 3 is 2.86 bits per heavy atom. The summed E-state index contributed by atoms with van der Waals surface area (Å²) in [6.07, 6.45) is 2.41. The maximum atomic E-state index is 12.7. The van der Waals surface area contributed by atoms with Gasteiger partial charge in [-0.15, -0.1) is 6.58 Å². The summed E-state index contributed by atoms with van der Waals surface area (Å²) < 4.78 is 0.773. The lowest BCUT2D eigenvalue weighted by molar-refractivity contribution is -0.116. The van der Waals surface area contributed by atoms with Crippen molar-refractivity contribution < 1.29 is 4.79 Å². The Labute approximate surface area is 138 Å². The summed E-state index contributed by atoms with van der Waals surface area (Å²) in [5, 5.41) is 1.03. The predicted molar refractivity (Wildman–Crippen MR) is 95.8 cm³/mol. The fourth-order valence-corrected chi connectivity index (χ4v) is 5.38. The van der Waals surface area contributed by atoms with Crippen LogP contribution in [0.15, 0.2) is 51.8 Å². The highest BCUT2D eigenvalue weighted by Crippen LogP contribution is 2.51. The maximum Gasteiger partial charge on any atom is 0.181 e. The van der Waals surface area contributed by atoms with Crippen molar-refractivity contribution >= 4 is 51.4 Å². The summed E-state index contributed by atoms with van der Waals surface area (Å²) in [7, 11) is 0. The fourth-order valence-electron chi connectivity index (χ4n) is 2.52. The van der Waals surface area contributed by atoms with Crippen LogP contribution in [-0.4, -0.2) is 16.5 Å².